The standard InChI is InChI=1S/C11H10N2O4/c1-2-17-10-7-5-3-4-6-8(7)12-11(14)9(10)13(15)16/h3-6H,2H2,1H3,(H,12,14). The van der Waals surface area contributed by atoms with Crippen LogP contribution in [0.3, 0.4) is 0 Å². The molecular formula is C11H10N2O4. The first-order chi connectivity index (χ1) is 8.15. The Labute approximate surface area is 96.0 Å². The van der Waals surface area contributed by atoms with Crippen LogP contribution in [0.5, 0.6) is 5.75 Å². The maximum Gasteiger partial charge on any atom is 0.375 e. The van der Waals surface area contributed by atoms with Crippen LogP contribution < -0.4 is 10.3 Å². The highest BCUT2D eigenvalue weighted by molar-refractivity contribution is 5.88. The number of aromatic amines is 1. The Bertz CT molecular complexity index is 633. The summed E-state index contributed by atoms with van der Waals surface area (Å²) in [4.78, 5) is 24.2. The average Bonchev–Trinajstić information content (AvgIpc) is 2.28. The van der Waals surface area contributed by atoms with Crippen LogP contribution in [0.1, 0.15) is 6.92 Å². The van der Waals surface area contributed by atoms with Crippen molar-refractivity contribution >= 4 is 16.6 Å². The van der Waals surface area contributed by atoms with Gasteiger partial charge >= 0.3 is 11.2 Å². The fourth-order valence-corrected chi connectivity index (χ4v) is 1.66. The molecule has 0 aliphatic heterocycles. The lowest BCUT2D eigenvalue weighted by molar-refractivity contribution is -0.387. The largest absolute Gasteiger partial charge is 0.486 e. The third kappa shape index (κ3) is 1.84. The van der Waals surface area contributed by atoms with Gasteiger partial charge in [0.25, 0.3) is 0 Å². The molecule has 6 nitrogen and oxygen atoms in total. The Morgan fingerprint density at radius 2 is 2.12 bits per heavy atom. The number of aromatic nitrogens is 1. The quantitative estimate of drug-likeness (QED) is 0.648. The Balaban J connectivity index is 2.88. The zero-order valence-corrected chi connectivity index (χ0v) is 9.10. The predicted octanol–water partition coefficient (Wildman–Crippen LogP) is 1.83. The van der Waals surface area contributed by atoms with E-state index in [1.807, 2.05) is 0 Å². The van der Waals surface area contributed by atoms with E-state index in [4.69, 9.17) is 4.74 Å². The lowest BCUT2D eigenvalue weighted by Gasteiger charge is -2.07. The molecule has 0 aliphatic carbocycles. The van der Waals surface area contributed by atoms with E-state index in [-0.39, 0.29) is 12.4 Å². The predicted molar refractivity (Wildman–Crippen MR) is 62.4 cm³/mol. The highest BCUT2D eigenvalue weighted by Crippen LogP contribution is 2.30. The monoisotopic (exact) mass is 234 g/mol. The van der Waals surface area contributed by atoms with E-state index in [1.165, 1.54) is 0 Å². The van der Waals surface area contributed by atoms with Crippen molar-refractivity contribution < 1.29 is 9.66 Å². The van der Waals surface area contributed by atoms with Gasteiger partial charge in [0.1, 0.15) is 0 Å². The van der Waals surface area contributed by atoms with E-state index in [2.05, 4.69) is 4.98 Å². The first-order valence-corrected chi connectivity index (χ1v) is 5.07. The zero-order chi connectivity index (χ0) is 12.4. The highest BCUT2D eigenvalue weighted by atomic mass is 16.6. The van der Waals surface area contributed by atoms with Crippen LogP contribution in [0.15, 0.2) is 29.1 Å². The number of pyridine rings is 1. The first kappa shape index (κ1) is 11.1. The van der Waals surface area contributed by atoms with Crippen LogP contribution >= 0.6 is 0 Å². The van der Waals surface area contributed by atoms with Crippen molar-refractivity contribution in [1.29, 1.82) is 0 Å². The van der Waals surface area contributed by atoms with E-state index in [0.717, 1.165) is 0 Å². The topological polar surface area (TPSA) is 85.2 Å². The second-order valence-corrected chi connectivity index (χ2v) is 3.37. The van der Waals surface area contributed by atoms with Crippen LogP contribution in [0.2, 0.25) is 0 Å². The molecule has 17 heavy (non-hydrogen) atoms. The molecule has 0 saturated carbocycles. The van der Waals surface area contributed by atoms with E-state index in [1.54, 1.807) is 31.2 Å². The molecule has 88 valence electrons. The molecule has 1 N–H and O–H groups in total. The highest BCUT2D eigenvalue weighted by Gasteiger charge is 2.23. The first-order valence-electron chi connectivity index (χ1n) is 5.07. The summed E-state index contributed by atoms with van der Waals surface area (Å²) in [5.41, 5.74) is -0.783. The van der Waals surface area contributed by atoms with Crippen molar-refractivity contribution in [2.24, 2.45) is 0 Å². The van der Waals surface area contributed by atoms with E-state index < -0.39 is 16.2 Å². The molecule has 1 aromatic carbocycles. The number of benzene rings is 1. The van der Waals surface area contributed by atoms with E-state index in [0.29, 0.717) is 10.9 Å². The number of nitrogens with zero attached hydrogens (tertiary/aromatic N) is 1. The maximum absolute atomic E-state index is 11.6. The number of nitrogens with one attached hydrogen (secondary N) is 1. The smallest absolute Gasteiger partial charge is 0.375 e. The minimum absolute atomic E-state index is 0.0249. The molecule has 0 bridgehead atoms. The molecule has 0 radical (unpaired) electrons. The van der Waals surface area contributed by atoms with Gasteiger partial charge in [-0.1, -0.05) is 12.1 Å². The van der Waals surface area contributed by atoms with Gasteiger partial charge in [-0.25, -0.2) is 0 Å². The molecule has 0 saturated heterocycles. The molecule has 0 aliphatic rings. The SMILES string of the molecule is CCOc1c([N+](=O)[O-])c(=O)[nH]c2ccccc12. The van der Waals surface area contributed by atoms with Crippen molar-refractivity contribution in [2.75, 3.05) is 6.61 Å². The van der Waals surface area contributed by atoms with Gasteiger partial charge in [-0.3, -0.25) is 14.9 Å². The summed E-state index contributed by atoms with van der Waals surface area (Å²) in [7, 11) is 0. The van der Waals surface area contributed by atoms with E-state index in [9.17, 15) is 14.9 Å². The molecule has 0 unspecified atom stereocenters. The van der Waals surface area contributed by atoms with Gasteiger partial charge in [0.05, 0.1) is 17.0 Å². The summed E-state index contributed by atoms with van der Waals surface area (Å²) >= 11 is 0. The summed E-state index contributed by atoms with van der Waals surface area (Å²) < 4.78 is 5.23. The van der Waals surface area contributed by atoms with Gasteiger partial charge in [-0.05, 0) is 19.1 Å². The van der Waals surface area contributed by atoms with Crippen LogP contribution in [-0.2, 0) is 0 Å². The number of nitro groups is 1. The van der Waals surface area contributed by atoms with Gasteiger partial charge in [-0.2, -0.15) is 0 Å². The number of hydrogen-bond donors (Lipinski definition) is 1. The van der Waals surface area contributed by atoms with Crippen LogP contribution in [0.25, 0.3) is 10.9 Å². The summed E-state index contributed by atoms with van der Waals surface area (Å²) in [6.45, 7) is 1.97. The van der Waals surface area contributed by atoms with Crippen LogP contribution in [-0.4, -0.2) is 16.5 Å². The van der Waals surface area contributed by atoms with Crippen molar-refractivity contribution in [3.05, 3.63) is 44.7 Å². The van der Waals surface area contributed by atoms with E-state index >= 15 is 0 Å². The third-order valence-corrected chi connectivity index (χ3v) is 2.32. The Morgan fingerprint density at radius 3 is 2.76 bits per heavy atom. The normalized spacial score (nSPS) is 10.4. The van der Waals surface area contributed by atoms with Crippen LogP contribution in [0, 0.1) is 10.1 Å². The summed E-state index contributed by atoms with van der Waals surface area (Å²) in [5, 5.41) is 11.4. The molecule has 6 heteroatoms. The number of rotatable bonds is 3. The van der Waals surface area contributed by atoms with Gasteiger partial charge < -0.3 is 9.72 Å². The Kier molecular flexibility index (Phi) is 2.78. The molecule has 0 spiro atoms. The zero-order valence-electron chi connectivity index (χ0n) is 9.10. The van der Waals surface area contributed by atoms with Gasteiger partial charge in [0.15, 0.2) is 0 Å². The fourth-order valence-electron chi connectivity index (χ4n) is 1.66. The minimum atomic E-state index is -0.753. The second kappa shape index (κ2) is 4.25. The molecule has 2 rings (SSSR count). The van der Waals surface area contributed by atoms with Gasteiger partial charge in [0.2, 0.25) is 5.75 Å². The van der Waals surface area contributed by atoms with Crippen molar-refractivity contribution in [1.82, 2.24) is 4.98 Å². The fraction of sp³-hybridized carbons (Fsp3) is 0.182. The number of para-hydroxylation sites is 1. The molecule has 0 fully saturated rings. The Morgan fingerprint density at radius 1 is 1.41 bits per heavy atom. The lowest BCUT2D eigenvalue weighted by Crippen LogP contribution is -2.14. The molecular weight excluding hydrogens is 224 g/mol. The van der Waals surface area contributed by atoms with Gasteiger partial charge in [0, 0.05) is 5.39 Å². The van der Waals surface area contributed by atoms with Crippen LogP contribution in [0.4, 0.5) is 5.69 Å². The maximum atomic E-state index is 11.6. The average molecular weight is 234 g/mol. The molecule has 0 atom stereocenters. The van der Waals surface area contributed by atoms with Crippen molar-refractivity contribution in [3.63, 3.8) is 0 Å². The molecule has 2 aromatic rings. The summed E-state index contributed by atoms with van der Waals surface area (Å²) in [6, 6.07) is 6.80. The summed E-state index contributed by atoms with van der Waals surface area (Å²) in [5.74, 6) is 0.0249. The molecule has 0 amide bonds. The van der Waals surface area contributed by atoms with Gasteiger partial charge in [-0.15, -0.1) is 0 Å². The Hall–Kier alpha value is -2.37. The molecule has 1 aromatic heterocycles. The van der Waals surface area contributed by atoms with Crippen molar-refractivity contribution in [2.45, 2.75) is 6.92 Å². The third-order valence-electron chi connectivity index (χ3n) is 2.32. The summed E-state index contributed by atoms with van der Waals surface area (Å²) in [6.07, 6.45) is 0. The van der Waals surface area contributed by atoms with Crippen molar-refractivity contribution in [3.8, 4) is 5.75 Å². The molecule has 1 heterocycles. The lowest BCUT2D eigenvalue weighted by atomic mass is 10.2. The number of ether oxygens (including phenoxy) is 1. The second-order valence-electron chi connectivity index (χ2n) is 3.37. The minimum Gasteiger partial charge on any atom is -0.486 e. The number of hydrogen-bond acceptors (Lipinski definition) is 4. The number of H-pyrrole nitrogens is 1. The number of fused-ring (bicyclic) bond motifs is 1.